The molecule has 2 aliphatic carbocycles. The Labute approximate surface area is 125 Å². The van der Waals surface area contributed by atoms with Crippen LogP contribution in [-0.2, 0) is 0 Å². The van der Waals surface area contributed by atoms with Crippen LogP contribution in [-0.4, -0.2) is 17.3 Å². The zero-order valence-corrected chi connectivity index (χ0v) is 14.0. The maximum Gasteiger partial charge on any atom is 0.0718 e. The van der Waals surface area contributed by atoms with E-state index < -0.39 is 5.60 Å². The third-order valence-corrected chi connectivity index (χ3v) is 6.72. The second-order valence-electron chi connectivity index (χ2n) is 8.67. The zero-order chi connectivity index (χ0) is 15.0. The second kappa shape index (κ2) is 5.61. The monoisotopic (exact) mass is 281 g/mol. The average Bonchev–Trinajstić information content (AvgIpc) is 2.81. The molecule has 0 saturated heterocycles. The van der Waals surface area contributed by atoms with Crippen molar-refractivity contribution in [3.05, 3.63) is 0 Å². The number of nitrogens with two attached hydrogens (primary N) is 1. The fraction of sp³-hybridized carbons (Fsp3) is 1.00. The van der Waals surface area contributed by atoms with Gasteiger partial charge >= 0.3 is 0 Å². The van der Waals surface area contributed by atoms with Crippen LogP contribution in [0.5, 0.6) is 0 Å². The molecule has 0 amide bonds. The molecule has 0 aromatic heterocycles. The summed E-state index contributed by atoms with van der Waals surface area (Å²) in [6, 6.07) is 0. The van der Waals surface area contributed by atoms with Crippen molar-refractivity contribution in [2.45, 2.75) is 84.7 Å². The van der Waals surface area contributed by atoms with Crippen molar-refractivity contribution < 1.29 is 5.11 Å². The molecule has 0 bridgehead atoms. The summed E-state index contributed by atoms with van der Waals surface area (Å²) < 4.78 is 0. The summed E-state index contributed by atoms with van der Waals surface area (Å²) in [6.07, 6.45) is 9.07. The Morgan fingerprint density at radius 2 is 1.70 bits per heavy atom. The molecule has 2 heteroatoms. The van der Waals surface area contributed by atoms with Gasteiger partial charge in [-0.05, 0) is 62.2 Å². The van der Waals surface area contributed by atoms with Crippen molar-refractivity contribution in [2.24, 2.45) is 28.4 Å². The molecule has 118 valence electrons. The van der Waals surface area contributed by atoms with E-state index in [2.05, 4.69) is 27.7 Å². The van der Waals surface area contributed by atoms with Crippen LogP contribution in [0.4, 0.5) is 0 Å². The SMILES string of the molecule is CCC1CCC(O)(C2(CN)CCC(C(C)(C)C)CC2)C1. The quantitative estimate of drug-likeness (QED) is 0.818. The standard InChI is InChI=1S/C18H35NO/c1-5-14-6-11-18(20,12-14)17(13-19)9-7-15(8-10-17)16(2,3)4/h14-15,20H,5-13,19H2,1-4H3. The van der Waals surface area contributed by atoms with Gasteiger partial charge in [0.2, 0.25) is 0 Å². The van der Waals surface area contributed by atoms with Crippen molar-refractivity contribution >= 4 is 0 Å². The van der Waals surface area contributed by atoms with Gasteiger partial charge < -0.3 is 10.8 Å². The molecule has 2 saturated carbocycles. The highest BCUT2D eigenvalue weighted by Gasteiger charge is 2.54. The minimum atomic E-state index is -0.481. The molecule has 2 nitrogen and oxygen atoms in total. The van der Waals surface area contributed by atoms with Crippen molar-refractivity contribution in [3.63, 3.8) is 0 Å². The topological polar surface area (TPSA) is 46.2 Å². The van der Waals surface area contributed by atoms with Crippen LogP contribution in [0.2, 0.25) is 0 Å². The average molecular weight is 281 g/mol. The maximum absolute atomic E-state index is 11.3. The van der Waals surface area contributed by atoms with Gasteiger partial charge in [0.05, 0.1) is 5.60 Å². The van der Waals surface area contributed by atoms with Crippen molar-refractivity contribution in [1.29, 1.82) is 0 Å². The smallest absolute Gasteiger partial charge is 0.0718 e. The van der Waals surface area contributed by atoms with Crippen LogP contribution in [0.15, 0.2) is 0 Å². The number of rotatable bonds is 3. The summed E-state index contributed by atoms with van der Waals surface area (Å²) in [7, 11) is 0. The van der Waals surface area contributed by atoms with E-state index in [1.807, 2.05) is 0 Å². The van der Waals surface area contributed by atoms with Crippen LogP contribution in [0, 0.1) is 22.7 Å². The third-order valence-electron chi connectivity index (χ3n) is 6.72. The van der Waals surface area contributed by atoms with Gasteiger partial charge in [-0.2, -0.15) is 0 Å². The van der Waals surface area contributed by atoms with Crippen molar-refractivity contribution in [3.8, 4) is 0 Å². The lowest BCUT2D eigenvalue weighted by atomic mass is 9.57. The van der Waals surface area contributed by atoms with Gasteiger partial charge in [0, 0.05) is 12.0 Å². The third kappa shape index (κ3) is 2.78. The molecule has 2 atom stereocenters. The van der Waals surface area contributed by atoms with Crippen LogP contribution >= 0.6 is 0 Å². The van der Waals surface area contributed by atoms with Crippen LogP contribution in [0.3, 0.4) is 0 Å². The first kappa shape index (κ1) is 16.3. The lowest BCUT2D eigenvalue weighted by Gasteiger charge is -2.51. The lowest BCUT2D eigenvalue weighted by molar-refractivity contribution is -0.108. The molecule has 20 heavy (non-hydrogen) atoms. The van der Waals surface area contributed by atoms with Gasteiger partial charge in [-0.1, -0.05) is 34.1 Å². The Morgan fingerprint density at radius 1 is 1.10 bits per heavy atom. The highest BCUT2D eigenvalue weighted by molar-refractivity contribution is 5.06. The largest absolute Gasteiger partial charge is 0.389 e. The van der Waals surface area contributed by atoms with Crippen molar-refractivity contribution in [2.75, 3.05) is 6.54 Å². The molecule has 0 heterocycles. The molecule has 2 fully saturated rings. The van der Waals surface area contributed by atoms with Gasteiger partial charge in [-0.15, -0.1) is 0 Å². The fourth-order valence-electron chi connectivity index (χ4n) is 4.85. The molecular formula is C18H35NO. The highest BCUT2D eigenvalue weighted by atomic mass is 16.3. The van der Waals surface area contributed by atoms with Gasteiger partial charge in [-0.25, -0.2) is 0 Å². The van der Waals surface area contributed by atoms with E-state index in [-0.39, 0.29) is 5.41 Å². The molecular weight excluding hydrogens is 246 g/mol. The molecule has 0 aromatic rings. The molecule has 0 aromatic carbocycles. The molecule has 2 aliphatic rings. The summed E-state index contributed by atoms with van der Waals surface area (Å²) in [5, 5.41) is 11.3. The molecule has 2 rings (SSSR count). The molecule has 2 unspecified atom stereocenters. The Morgan fingerprint density at radius 3 is 2.10 bits per heavy atom. The van der Waals surface area contributed by atoms with E-state index in [1.165, 1.54) is 25.7 Å². The first-order valence-electron chi connectivity index (χ1n) is 8.69. The summed E-state index contributed by atoms with van der Waals surface area (Å²) in [5.41, 5.74) is 6.10. The van der Waals surface area contributed by atoms with Gasteiger partial charge in [0.1, 0.15) is 0 Å². The highest BCUT2D eigenvalue weighted by Crippen LogP contribution is 2.55. The fourth-order valence-corrected chi connectivity index (χ4v) is 4.85. The molecule has 0 radical (unpaired) electrons. The van der Waals surface area contributed by atoms with Gasteiger partial charge in [0.25, 0.3) is 0 Å². The first-order valence-corrected chi connectivity index (χ1v) is 8.69. The van der Waals surface area contributed by atoms with E-state index in [4.69, 9.17) is 5.73 Å². The van der Waals surface area contributed by atoms with E-state index in [0.29, 0.717) is 17.9 Å². The minimum absolute atomic E-state index is 0.00132. The number of hydrogen-bond acceptors (Lipinski definition) is 2. The lowest BCUT2D eigenvalue weighted by Crippen LogP contribution is -2.53. The molecule has 0 spiro atoms. The predicted octanol–water partition coefficient (Wildman–Crippen LogP) is 4.11. The Hall–Kier alpha value is -0.0800. The predicted molar refractivity (Wildman–Crippen MR) is 85.5 cm³/mol. The first-order chi connectivity index (χ1) is 9.26. The summed E-state index contributed by atoms with van der Waals surface area (Å²) in [5.74, 6) is 1.50. The van der Waals surface area contributed by atoms with Crippen LogP contribution < -0.4 is 5.73 Å². The zero-order valence-electron chi connectivity index (χ0n) is 14.0. The maximum atomic E-state index is 11.3. The van der Waals surface area contributed by atoms with E-state index in [1.54, 1.807) is 0 Å². The van der Waals surface area contributed by atoms with E-state index in [0.717, 1.165) is 31.6 Å². The Kier molecular flexibility index (Phi) is 4.57. The Bertz CT molecular complexity index is 325. The molecule has 3 N–H and O–H groups in total. The second-order valence-corrected chi connectivity index (χ2v) is 8.67. The summed E-state index contributed by atoms with van der Waals surface area (Å²) >= 11 is 0. The summed E-state index contributed by atoms with van der Waals surface area (Å²) in [6.45, 7) is 9.97. The molecule has 0 aliphatic heterocycles. The normalized spacial score (nSPS) is 42.9. The summed E-state index contributed by atoms with van der Waals surface area (Å²) in [4.78, 5) is 0. The van der Waals surface area contributed by atoms with Crippen LogP contribution in [0.1, 0.15) is 79.1 Å². The number of hydrogen-bond donors (Lipinski definition) is 2. The minimum Gasteiger partial charge on any atom is -0.389 e. The van der Waals surface area contributed by atoms with E-state index in [9.17, 15) is 5.11 Å². The van der Waals surface area contributed by atoms with Gasteiger partial charge in [0.15, 0.2) is 0 Å². The van der Waals surface area contributed by atoms with Gasteiger partial charge in [-0.3, -0.25) is 0 Å². The van der Waals surface area contributed by atoms with Crippen molar-refractivity contribution in [1.82, 2.24) is 0 Å². The van der Waals surface area contributed by atoms with Crippen LogP contribution in [0.25, 0.3) is 0 Å². The Balaban J connectivity index is 2.09. The number of aliphatic hydroxyl groups is 1. The van der Waals surface area contributed by atoms with E-state index >= 15 is 0 Å².